The highest BCUT2D eigenvalue weighted by Gasteiger charge is 2.36. The number of hydrogen-bond acceptors (Lipinski definition) is 5. The van der Waals surface area contributed by atoms with Gasteiger partial charge < -0.3 is 10.5 Å². The van der Waals surface area contributed by atoms with Crippen LogP contribution in [0, 0.1) is 5.41 Å². The summed E-state index contributed by atoms with van der Waals surface area (Å²) in [7, 11) is -2.35. The number of carbonyl (C=O) groups is 1. The molecule has 0 aromatic heterocycles. The first-order valence-electron chi connectivity index (χ1n) is 8.73. The third-order valence-electron chi connectivity index (χ3n) is 4.60. The maximum atomic E-state index is 13.0. The van der Waals surface area contributed by atoms with E-state index in [2.05, 4.69) is 4.74 Å². The SMILES string of the molecule is COC(=O)CCc1ccc(N2CCN(c3ccc(C(=N)N)cc3)S2(=O)=O)cc1. The average molecular weight is 402 g/mol. The molecule has 1 saturated heterocycles. The molecule has 0 atom stereocenters. The number of benzene rings is 2. The predicted octanol–water partition coefficient (Wildman–Crippen LogP) is 1.65. The van der Waals surface area contributed by atoms with E-state index in [1.165, 1.54) is 15.7 Å². The van der Waals surface area contributed by atoms with Gasteiger partial charge in [0.1, 0.15) is 5.84 Å². The molecule has 0 saturated carbocycles. The number of amidine groups is 1. The maximum absolute atomic E-state index is 13.0. The summed E-state index contributed by atoms with van der Waals surface area (Å²) < 4.78 is 33.3. The molecule has 8 nitrogen and oxygen atoms in total. The van der Waals surface area contributed by atoms with E-state index in [0.717, 1.165) is 5.56 Å². The molecule has 0 aliphatic carbocycles. The van der Waals surface area contributed by atoms with E-state index < -0.39 is 10.2 Å². The van der Waals surface area contributed by atoms with Crippen LogP contribution in [0.5, 0.6) is 0 Å². The number of aryl methyl sites for hydroxylation is 1. The maximum Gasteiger partial charge on any atom is 0.326 e. The van der Waals surface area contributed by atoms with Gasteiger partial charge in [-0.3, -0.25) is 18.8 Å². The molecule has 148 valence electrons. The molecule has 1 aliphatic heterocycles. The molecule has 1 fully saturated rings. The molecule has 0 spiro atoms. The van der Waals surface area contributed by atoms with E-state index >= 15 is 0 Å². The molecule has 2 aromatic carbocycles. The Labute approximate surface area is 164 Å². The third-order valence-corrected chi connectivity index (χ3v) is 6.50. The van der Waals surface area contributed by atoms with Crippen molar-refractivity contribution >= 4 is 33.4 Å². The van der Waals surface area contributed by atoms with Crippen molar-refractivity contribution in [3.05, 3.63) is 59.7 Å². The van der Waals surface area contributed by atoms with Gasteiger partial charge in [0.15, 0.2) is 0 Å². The van der Waals surface area contributed by atoms with Crippen LogP contribution in [-0.4, -0.2) is 40.4 Å². The number of methoxy groups -OCH3 is 1. The first kappa shape index (κ1) is 19.7. The highest BCUT2D eigenvalue weighted by Crippen LogP contribution is 2.30. The molecular weight excluding hydrogens is 380 g/mol. The van der Waals surface area contributed by atoms with Crippen molar-refractivity contribution in [1.82, 2.24) is 0 Å². The Balaban J connectivity index is 1.75. The monoisotopic (exact) mass is 402 g/mol. The molecule has 0 bridgehead atoms. The van der Waals surface area contributed by atoms with Crippen LogP contribution < -0.4 is 14.3 Å². The van der Waals surface area contributed by atoms with Gasteiger partial charge >= 0.3 is 16.2 Å². The van der Waals surface area contributed by atoms with Gasteiger partial charge in [0.2, 0.25) is 0 Å². The van der Waals surface area contributed by atoms with E-state index in [0.29, 0.717) is 36.4 Å². The molecule has 2 aromatic rings. The van der Waals surface area contributed by atoms with E-state index in [4.69, 9.17) is 11.1 Å². The summed E-state index contributed by atoms with van der Waals surface area (Å²) in [6.45, 7) is 0.657. The largest absolute Gasteiger partial charge is 0.469 e. The smallest absolute Gasteiger partial charge is 0.326 e. The van der Waals surface area contributed by atoms with Crippen molar-refractivity contribution in [1.29, 1.82) is 5.41 Å². The lowest BCUT2D eigenvalue weighted by molar-refractivity contribution is -0.140. The summed E-state index contributed by atoms with van der Waals surface area (Å²) >= 11 is 0. The Kier molecular flexibility index (Phi) is 5.55. The van der Waals surface area contributed by atoms with Gasteiger partial charge in [0.05, 0.1) is 31.6 Å². The Morgan fingerprint density at radius 3 is 2.00 bits per heavy atom. The topological polar surface area (TPSA) is 117 Å². The minimum absolute atomic E-state index is 0.0651. The van der Waals surface area contributed by atoms with E-state index in [1.54, 1.807) is 36.4 Å². The van der Waals surface area contributed by atoms with Crippen LogP contribution in [0.3, 0.4) is 0 Å². The second kappa shape index (κ2) is 7.89. The highest BCUT2D eigenvalue weighted by atomic mass is 32.2. The van der Waals surface area contributed by atoms with Crippen LogP contribution in [-0.2, 0) is 26.2 Å². The number of nitrogens with zero attached hydrogens (tertiary/aromatic N) is 2. The Hall–Kier alpha value is -3.07. The lowest BCUT2D eigenvalue weighted by Crippen LogP contribution is -2.33. The summed E-state index contributed by atoms with van der Waals surface area (Å²) in [5.41, 5.74) is 8.02. The van der Waals surface area contributed by atoms with Crippen LogP contribution in [0.25, 0.3) is 0 Å². The zero-order valence-corrected chi connectivity index (χ0v) is 16.3. The van der Waals surface area contributed by atoms with Gasteiger partial charge in [-0.2, -0.15) is 8.42 Å². The van der Waals surface area contributed by atoms with Crippen molar-refractivity contribution in [3.8, 4) is 0 Å². The number of esters is 1. The van der Waals surface area contributed by atoms with Crippen LogP contribution in [0.2, 0.25) is 0 Å². The summed E-state index contributed by atoms with van der Waals surface area (Å²) in [6.07, 6.45) is 0.816. The Morgan fingerprint density at radius 1 is 1.04 bits per heavy atom. The normalized spacial score (nSPS) is 15.5. The standard InChI is InChI=1S/C19H22N4O4S/c1-27-18(24)11-4-14-2-7-16(8-3-14)22-12-13-23(28(22,25)26)17-9-5-15(6-10-17)19(20)21/h2-3,5-10H,4,11-13H2,1H3,(H3,20,21). The predicted molar refractivity (Wildman–Crippen MR) is 108 cm³/mol. The summed E-state index contributed by atoms with van der Waals surface area (Å²) in [4.78, 5) is 11.2. The van der Waals surface area contributed by atoms with Crippen molar-refractivity contribution < 1.29 is 17.9 Å². The number of ether oxygens (including phenoxy) is 1. The van der Waals surface area contributed by atoms with Gasteiger partial charge in [0.25, 0.3) is 0 Å². The molecule has 3 rings (SSSR count). The molecule has 1 aliphatic rings. The number of nitrogens with two attached hydrogens (primary N) is 1. The molecule has 9 heteroatoms. The summed E-state index contributed by atoms with van der Waals surface area (Å²) in [6, 6.07) is 13.7. The Bertz CT molecular complexity index is 972. The number of carbonyl (C=O) groups excluding carboxylic acids is 1. The quantitative estimate of drug-likeness (QED) is 0.433. The lowest BCUT2D eigenvalue weighted by Gasteiger charge is -2.21. The minimum Gasteiger partial charge on any atom is -0.469 e. The van der Waals surface area contributed by atoms with Crippen LogP contribution in [0.4, 0.5) is 11.4 Å². The van der Waals surface area contributed by atoms with E-state index in [-0.39, 0.29) is 18.2 Å². The first-order valence-corrected chi connectivity index (χ1v) is 10.1. The lowest BCUT2D eigenvalue weighted by atomic mass is 10.1. The van der Waals surface area contributed by atoms with Gasteiger partial charge in [-0.15, -0.1) is 0 Å². The fraction of sp³-hybridized carbons (Fsp3) is 0.263. The molecule has 0 radical (unpaired) electrons. The average Bonchev–Trinajstić information content (AvgIpc) is 3.01. The van der Waals surface area contributed by atoms with Crippen molar-refractivity contribution in [3.63, 3.8) is 0 Å². The highest BCUT2D eigenvalue weighted by molar-refractivity contribution is 7.94. The van der Waals surface area contributed by atoms with Crippen molar-refractivity contribution in [2.45, 2.75) is 12.8 Å². The molecule has 1 heterocycles. The third kappa shape index (κ3) is 3.94. The number of anilines is 2. The van der Waals surface area contributed by atoms with Gasteiger partial charge in [-0.25, -0.2) is 0 Å². The molecular formula is C19H22N4O4S. The number of hydrogen-bond donors (Lipinski definition) is 2. The summed E-state index contributed by atoms with van der Waals surface area (Å²) in [5, 5.41) is 7.43. The summed E-state index contributed by atoms with van der Waals surface area (Å²) in [5.74, 6) is -0.345. The molecule has 0 unspecified atom stereocenters. The van der Waals surface area contributed by atoms with Gasteiger partial charge in [-0.1, -0.05) is 12.1 Å². The van der Waals surface area contributed by atoms with Gasteiger partial charge in [-0.05, 0) is 48.4 Å². The van der Waals surface area contributed by atoms with Crippen molar-refractivity contribution in [2.75, 3.05) is 28.8 Å². The van der Waals surface area contributed by atoms with Gasteiger partial charge in [0, 0.05) is 12.0 Å². The first-order chi connectivity index (χ1) is 13.3. The van der Waals surface area contributed by atoms with Crippen LogP contribution in [0.1, 0.15) is 17.5 Å². The molecule has 0 amide bonds. The second-order valence-electron chi connectivity index (χ2n) is 6.36. The number of nitrogens with one attached hydrogen (secondary N) is 1. The van der Waals surface area contributed by atoms with E-state index in [9.17, 15) is 13.2 Å². The van der Waals surface area contributed by atoms with Crippen LogP contribution >= 0.6 is 0 Å². The van der Waals surface area contributed by atoms with Crippen molar-refractivity contribution in [2.24, 2.45) is 5.73 Å². The molecule has 28 heavy (non-hydrogen) atoms. The number of rotatable bonds is 6. The number of nitrogen functional groups attached to an aromatic ring is 1. The zero-order chi connectivity index (χ0) is 20.3. The van der Waals surface area contributed by atoms with E-state index in [1.807, 2.05) is 12.1 Å². The zero-order valence-electron chi connectivity index (χ0n) is 15.5. The van der Waals surface area contributed by atoms with Crippen LogP contribution in [0.15, 0.2) is 48.5 Å². The Morgan fingerprint density at radius 2 is 1.54 bits per heavy atom. The fourth-order valence-corrected chi connectivity index (χ4v) is 4.68. The fourth-order valence-electron chi connectivity index (χ4n) is 3.04. The second-order valence-corrected chi connectivity index (χ2v) is 8.13. The minimum atomic E-state index is -3.70. The molecule has 3 N–H and O–H groups in total.